The zero-order chi connectivity index (χ0) is 13.4. The molecular weight excluding hydrogens is 304 g/mol. The number of halogens is 1. The molecule has 94 valence electrons. The average Bonchev–Trinajstić information content (AvgIpc) is 3.10. The minimum atomic E-state index is 0.122. The van der Waals surface area contributed by atoms with Gasteiger partial charge in [-0.2, -0.15) is 0 Å². The summed E-state index contributed by atoms with van der Waals surface area (Å²) in [6, 6.07) is 15.4. The first-order valence-corrected chi connectivity index (χ1v) is 6.70. The summed E-state index contributed by atoms with van der Waals surface area (Å²) in [5, 5.41) is 0. The van der Waals surface area contributed by atoms with Crippen LogP contribution in [0.1, 0.15) is 0 Å². The van der Waals surface area contributed by atoms with Gasteiger partial charge in [0.05, 0.1) is 7.11 Å². The summed E-state index contributed by atoms with van der Waals surface area (Å²) >= 11 is 3.49. The lowest BCUT2D eigenvalue weighted by Gasteiger charge is -2.03. The summed E-state index contributed by atoms with van der Waals surface area (Å²) < 4.78 is 6.03. The van der Waals surface area contributed by atoms with Gasteiger partial charge in [0.25, 0.3) is 0 Å². The third kappa shape index (κ3) is 2.10. The second-order valence-electron chi connectivity index (χ2n) is 4.29. The molecule has 3 heteroatoms. The van der Waals surface area contributed by atoms with E-state index < -0.39 is 0 Å². The number of methoxy groups -OCH3 is 1. The van der Waals surface area contributed by atoms with Gasteiger partial charge in [0.1, 0.15) is 5.75 Å². The maximum Gasteiger partial charge on any atom is 0.195 e. The van der Waals surface area contributed by atoms with Gasteiger partial charge in [-0.25, -0.2) is 0 Å². The molecule has 0 aromatic heterocycles. The number of ether oxygens (including phenoxy) is 1. The molecule has 0 amide bonds. The van der Waals surface area contributed by atoms with Gasteiger partial charge in [0, 0.05) is 21.2 Å². The molecule has 0 saturated heterocycles. The zero-order valence-electron chi connectivity index (χ0n) is 10.3. The molecule has 3 aromatic rings. The smallest absolute Gasteiger partial charge is 0.195 e. The van der Waals surface area contributed by atoms with Crippen molar-refractivity contribution in [2.24, 2.45) is 0 Å². The SMILES string of the molecule is COc1ccc(-c2c(-c3ccccc3)c2=O)c(Br)c1. The van der Waals surface area contributed by atoms with Crippen LogP contribution >= 0.6 is 15.9 Å². The number of hydrogen-bond donors (Lipinski definition) is 0. The van der Waals surface area contributed by atoms with Crippen molar-refractivity contribution >= 4 is 15.9 Å². The zero-order valence-corrected chi connectivity index (χ0v) is 11.9. The van der Waals surface area contributed by atoms with Gasteiger partial charge in [0.15, 0.2) is 5.43 Å². The van der Waals surface area contributed by atoms with Gasteiger partial charge in [-0.1, -0.05) is 46.3 Å². The highest BCUT2D eigenvalue weighted by molar-refractivity contribution is 9.10. The van der Waals surface area contributed by atoms with Crippen LogP contribution in [0.3, 0.4) is 0 Å². The number of benzene rings is 2. The molecule has 0 heterocycles. The van der Waals surface area contributed by atoms with E-state index in [-0.39, 0.29) is 5.43 Å². The van der Waals surface area contributed by atoms with Crippen molar-refractivity contribution in [2.45, 2.75) is 0 Å². The lowest BCUT2D eigenvalue weighted by atomic mass is 10.1. The normalized spacial score (nSPS) is 10.8. The Bertz CT molecular complexity index is 737. The van der Waals surface area contributed by atoms with Crippen LogP contribution in [0.25, 0.3) is 22.3 Å². The Hall–Kier alpha value is -1.87. The van der Waals surface area contributed by atoms with E-state index in [4.69, 9.17) is 4.74 Å². The van der Waals surface area contributed by atoms with Crippen molar-refractivity contribution in [1.82, 2.24) is 0 Å². The van der Waals surface area contributed by atoms with E-state index >= 15 is 0 Å². The van der Waals surface area contributed by atoms with Crippen LogP contribution in [0.15, 0.2) is 57.8 Å². The molecule has 3 rings (SSSR count). The first-order chi connectivity index (χ1) is 9.22. The Labute approximate surface area is 119 Å². The van der Waals surface area contributed by atoms with Gasteiger partial charge in [-0.05, 0) is 23.8 Å². The fraction of sp³-hybridized carbons (Fsp3) is 0.0625. The van der Waals surface area contributed by atoms with Crippen molar-refractivity contribution in [3.63, 3.8) is 0 Å². The van der Waals surface area contributed by atoms with Crippen LogP contribution in [0, 0.1) is 0 Å². The molecule has 0 radical (unpaired) electrons. The highest BCUT2D eigenvalue weighted by Crippen LogP contribution is 2.39. The molecule has 0 bridgehead atoms. The third-order valence-corrected chi connectivity index (χ3v) is 3.81. The Morgan fingerprint density at radius 1 is 1.00 bits per heavy atom. The fourth-order valence-corrected chi connectivity index (χ4v) is 2.69. The molecule has 0 aliphatic carbocycles. The standard InChI is InChI=1S/C16H11BrO2/c1-19-11-7-8-12(13(17)9-11)15-14(16(15)18)10-5-3-2-4-6-10/h2-9H,1H3. The van der Waals surface area contributed by atoms with Crippen LogP contribution in [-0.4, -0.2) is 7.11 Å². The number of rotatable bonds is 3. The Balaban J connectivity index is 2.04. The lowest BCUT2D eigenvalue weighted by Crippen LogP contribution is -1.84. The van der Waals surface area contributed by atoms with Crippen molar-refractivity contribution in [1.29, 1.82) is 0 Å². The Morgan fingerprint density at radius 3 is 2.37 bits per heavy atom. The Morgan fingerprint density at radius 2 is 1.74 bits per heavy atom. The van der Waals surface area contributed by atoms with Gasteiger partial charge in [-0.15, -0.1) is 0 Å². The summed E-state index contributed by atoms with van der Waals surface area (Å²) in [5.74, 6) is 0.769. The van der Waals surface area contributed by atoms with Gasteiger partial charge in [0.2, 0.25) is 0 Å². The van der Waals surface area contributed by atoms with Crippen LogP contribution in [0.2, 0.25) is 0 Å². The molecule has 3 aromatic carbocycles. The first-order valence-electron chi connectivity index (χ1n) is 5.90. The van der Waals surface area contributed by atoms with Crippen LogP contribution in [0.4, 0.5) is 0 Å². The van der Waals surface area contributed by atoms with E-state index in [1.165, 1.54) is 0 Å². The largest absolute Gasteiger partial charge is 0.497 e. The maximum atomic E-state index is 12.0. The van der Waals surface area contributed by atoms with Gasteiger partial charge < -0.3 is 4.74 Å². The summed E-state index contributed by atoms with van der Waals surface area (Å²) in [6.45, 7) is 0. The van der Waals surface area contributed by atoms with E-state index in [2.05, 4.69) is 15.9 Å². The molecule has 0 aliphatic heterocycles. The average molecular weight is 315 g/mol. The Kier molecular flexibility index (Phi) is 2.99. The molecule has 0 unspecified atom stereocenters. The highest BCUT2D eigenvalue weighted by atomic mass is 79.9. The van der Waals surface area contributed by atoms with Crippen molar-refractivity contribution in [3.8, 4) is 28.0 Å². The third-order valence-electron chi connectivity index (χ3n) is 3.15. The molecular formula is C16H11BrO2. The second kappa shape index (κ2) is 4.67. The topological polar surface area (TPSA) is 26.3 Å². The summed E-state index contributed by atoms with van der Waals surface area (Å²) in [6.07, 6.45) is 0. The predicted octanol–water partition coefficient (Wildman–Crippen LogP) is 4.03. The van der Waals surface area contributed by atoms with Gasteiger partial charge >= 0.3 is 0 Å². The lowest BCUT2D eigenvalue weighted by molar-refractivity contribution is 0.414. The highest BCUT2D eigenvalue weighted by Gasteiger charge is 2.26. The van der Waals surface area contributed by atoms with Crippen LogP contribution < -0.4 is 10.2 Å². The predicted molar refractivity (Wildman–Crippen MR) is 80.2 cm³/mol. The van der Waals surface area contributed by atoms with Gasteiger partial charge in [-0.3, -0.25) is 4.79 Å². The molecule has 0 fully saturated rings. The fourth-order valence-electron chi connectivity index (χ4n) is 2.13. The number of hydrogen-bond acceptors (Lipinski definition) is 2. The van der Waals surface area contributed by atoms with E-state index in [0.717, 1.165) is 32.5 Å². The van der Waals surface area contributed by atoms with E-state index in [1.54, 1.807) is 7.11 Å². The van der Waals surface area contributed by atoms with Crippen molar-refractivity contribution in [3.05, 3.63) is 63.2 Å². The molecule has 0 saturated carbocycles. The van der Waals surface area contributed by atoms with Crippen LogP contribution in [-0.2, 0) is 0 Å². The maximum absolute atomic E-state index is 12.0. The summed E-state index contributed by atoms with van der Waals surface area (Å²) in [7, 11) is 1.62. The minimum absolute atomic E-state index is 0.122. The molecule has 0 atom stereocenters. The molecule has 0 aliphatic rings. The first kappa shape index (κ1) is 12.2. The van der Waals surface area contributed by atoms with E-state index in [9.17, 15) is 4.79 Å². The molecule has 19 heavy (non-hydrogen) atoms. The monoisotopic (exact) mass is 314 g/mol. The van der Waals surface area contributed by atoms with Crippen molar-refractivity contribution < 1.29 is 4.74 Å². The molecule has 0 spiro atoms. The summed E-state index contributed by atoms with van der Waals surface area (Å²) in [5.41, 5.74) is 3.62. The minimum Gasteiger partial charge on any atom is -0.497 e. The quantitative estimate of drug-likeness (QED) is 0.729. The van der Waals surface area contributed by atoms with E-state index in [1.807, 2.05) is 48.5 Å². The van der Waals surface area contributed by atoms with Crippen LogP contribution in [0.5, 0.6) is 5.75 Å². The molecule has 2 nitrogen and oxygen atoms in total. The molecule has 0 N–H and O–H groups in total. The van der Waals surface area contributed by atoms with E-state index in [0.29, 0.717) is 0 Å². The second-order valence-corrected chi connectivity index (χ2v) is 5.15. The summed E-state index contributed by atoms with van der Waals surface area (Å²) in [4.78, 5) is 12.0. The van der Waals surface area contributed by atoms with Crippen molar-refractivity contribution in [2.75, 3.05) is 7.11 Å².